The van der Waals surface area contributed by atoms with Gasteiger partial charge in [0, 0.05) is 13.0 Å². The second-order valence-corrected chi connectivity index (χ2v) is 16.9. The van der Waals surface area contributed by atoms with Crippen molar-refractivity contribution >= 4 is 5.97 Å². The molecule has 0 radical (unpaired) electrons. The Bertz CT molecular complexity index is 777. The Morgan fingerprint density at radius 3 is 1.04 bits per heavy atom. The average Bonchev–Trinajstić information content (AvgIpc) is 3.19. The minimum absolute atomic E-state index is 0.169. The van der Waals surface area contributed by atoms with Crippen molar-refractivity contribution < 1.29 is 19.4 Å². The SMILES string of the molecule is CCCCCCCC/C=C\CCCCCCCCCCOCC(CO)OC(=O)CCCCCCCCCCCCCCC/C=C\CCCCCCCCCC. The van der Waals surface area contributed by atoms with Gasteiger partial charge in [0.05, 0.1) is 13.2 Å². The van der Waals surface area contributed by atoms with Crippen LogP contribution in [-0.4, -0.2) is 37.0 Å². The molecule has 1 N–H and O–H groups in total. The molecular formula is C51H98O4. The predicted molar refractivity (Wildman–Crippen MR) is 242 cm³/mol. The van der Waals surface area contributed by atoms with E-state index in [-0.39, 0.29) is 12.6 Å². The van der Waals surface area contributed by atoms with Crippen LogP contribution < -0.4 is 0 Å². The highest BCUT2D eigenvalue weighted by atomic mass is 16.6. The van der Waals surface area contributed by atoms with E-state index in [2.05, 4.69) is 38.2 Å². The van der Waals surface area contributed by atoms with Crippen LogP contribution in [-0.2, 0) is 14.3 Å². The molecule has 0 fully saturated rings. The lowest BCUT2D eigenvalue weighted by atomic mass is 10.0. The minimum Gasteiger partial charge on any atom is -0.457 e. The average molecular weight is 775 g/mol. The van der Waals surface area contributed by atoms with Crippen LogP contribution in [0.3, 0.4) is 0 Å². The zero-order valence-electron chi connectivity index (χ0n) is 37.5. The molecule has 0 saturated carbocycles. The summed E-state index contributed by atoms with van der Waals surface area (Å²) in [6, 6.07) is 0. The second kappa shape index (κ2) is 49.0. The number of ether oxygens (including phenoxy) is 2. The number of hydrogen-bond acceptors (Lipinski definition) is 4. The Morgan fingerprint density at radius 2 is 0.709 bits per heavy atom. The maximum Gasteiger partial charge on any atom is 0.306 e. The quantitative estimate of drug-likeness (QED) is 0.0380. The van der Waals surface area contributed by atoms with Crippen LogP contribution >= 0.6 is 0 Å². The number of allylic oxidation sites excluding steroid dienone is 4. The highest BCUT2D eigenvalue weighted by molar-refractivity contribution is 5.69. The molecule has 0 heterocycles. The number of carbonyl (C=O) groups is 1. The van der Waals surface area contributed by atoms with Crippen LogP contribution in [0.1, 0.15) is 271 Å². The summed E-state index contributed by atoms with van der Waals surface area (Å²) >= 11 is 0. The van der Waals surface area contributed by atoms with Gasteiger partial charge in [0.25, 0.3) is 0 Å². The Balaban J connectivity index is 3.37. The van der Waals surface area contributed by atoms with Crippen LogP contribution in [0.5, 0.6) is 0 Å². The van der Waals surface area contributed by atoms with E-state index in [9.17, 15) is 9.90 Å². The van der Waals surface area contributed by atoms with Crippen molar-refractivity contribution in [1.82, 2.24) is 0 Å². The van der Waals surface area contributed by atoms with Crippen molar-refractivity contribution in [2.75, 3.05) is 19.8 Å². The number of aliphatic hydroxyl groups is 1. The molecule has 0 aromatic carbocycles. The number of rotatable bonds is 47. The first-order valence-corrected chi connectivity index (χ1v) is 24.9. The molecule has 0 amide bonds. The maximum absolute atomic E-state index is 12.3. The van der Waals surface area contributed by atoms with Gasteiger partial charge in [-0.1, -0.05) is 224 Å². The van der Waals surface area contributed by atoms with Gasteiger partial charge >= 0.3 is 5.97 Å². The van der Waals surface area contributed by atoms with Gasteiger partial charge < -0.3 is 14.6 Å². The van der Waals surface area contributed by atoms with Crippen LogP contribution in [0, 0.1) is 0 Å². The summed E-state index contributed by atoms with van der Waals surface area (Å²) in [6.07, 6.45) is 61.2. The maximum atomic E-state index is 12.3. The number of unbranched alkanes of at least 4 members (excludes halogenated alkanes) is 35. The first-order valence-electron chi connectivity index (χ1n) is 24.9. The van der Waals surface area contributed by atoms with E-state index < -0.39 is 6.10 Å². The molecule has 0 spiro atoms. The molecule has 0 bridgehead atoms. The van der Waals surface area contributed by atoms with E-state index in [0.29, 0.717) is 19.6 Å². The largest absolute Gasteiger partial charge is 0.457 e. The Labute approximate surface area is 345 Å². The predicted octanol–water partition coefficient (Wildman–Crippen LogP) is 16.7. The smallest absolute Gasteiger partial charge is 0.306 e. The molecule has 4 heteroatoms. The molecule has 1 atom stereocenters. The molecule has 0 aromatic rings. The zero-order chi connectivity index (χ0) is 39.8. The monoisotopic (exact) mass is 775 g/mol. The lowest BCUT2D eigenvalue weighted by Gasteiger charge is -2.16. The van der Waals surface area contributed by atoms with Crippen molar-refractivity contribution in [2.24, 2.45) is 0 Å². The highest BCUT2D eigenvalue weighted by Crippen LogP contribution is 2.16. The zero-order valence-corrected chi connectivity index (χ0v) is 37.5. The van der Waals surface area contributed by atoms with Crippen molar-refractivity contribution in [3.8, 4) is 0 Å². The fraction of sp³-hybridized carbons (Fsp3) is 0.902. The van der Waals surface area contributed by atoms with Crippen LogP contribution in [0.2, 0.25) is 0 Å². The molecular weight excluding hydrogens is 677 g/mol. The van der Waals surface area contributed by atoms with E-state index in [1.807, 2.05) is 0 Å². The van der Waals surface area contributed by atoms with Crippen LogP contribution in [0.25, 0.3) is 0 Å². The van der Waals surface area contributed by atoms with Gasteiger partial charge in [0.2, 0.25) is 0 Å². The van der Waals surface area contributed by atoms with Gasteiger partial charge in [-0.3, -0.25) is 4.79 Å². The normalized spacial score (nSPS) is 12.4. The summed E-state index contributed by atoms with van der Waals surface area (Å²) < 4.78 is 11.2. The Hall–Kier alpha value is -1.13. The van der Waals surface area contributed by atoms with Crippen molar-refractivity contribution in [3.05, 3.63) is 24.3 Å². The lowest BCUT2D eigenvalue weighted by molar-refractivity contribution is -0.154. The summed E-state index contributed by atoms with van der Waals surface area (Å²) in [5.41, 5.74) is 0. The van der Waals surface area contributed by atoms with Crippen molar-refractivity contribution in [1.29, 1.82) is 0 Å². The van der Waals surface area contributed by atoms with Gasteiger partial charge in [0.1, 0.15) is 6.10 Å². The van der Waals surface area contributed by atoms with E-state index in [1.54, 1.807) is 0 Å². The van der Waals surface area contributed by atoms with Gasteiger partial charge in [-0.05, 0) is 64.2 Å². The number of aliphatic hydroxyl groups excluding tert-OH is 1. The standard InChI is InChI=1S/C51H98O4/c1-3-5-7-9-11-13-15-17-19-21-23-24-25-26-27-28-29-30-32-34-36-38-40-42-44-46-51(53)55-50(48-52)49-54-47-45-43-41-39-37-35-33-31-22-20-18-16-14-12-10-8-6-4-2/h18,20-21,23,50,52H,3-17,19,22,24-49H2,1-2H3/b20-18-,23-21-. The van der Waals surface area contributed by atoms with Crippen LogP contribution in [0.15, 0.2) is 24.3 Å². The summed E-state index contributed by atoms with van der Waals surface area (Å²) in [4.78, 5) is 12.3. The summed E-state index contributed by atoms with van der Waals surface area (Å²) in [5, 5.41) is 9.64. The Kier molecular flexibility index (Phi) is 48.0. The Morgan fingerprint density at radius 1 is 0.418 bits per heavy atom. The van der Waals surface area contributed by atoms with Crippen LogP contribution in [0.4, 0.5) is 0 Å². The molecule has 326 valence electrons. The molecule has 0 aliphatic carbocycles. The molecule has 0 aliphatic heterocycles. The molecule has 0 saturated heterocycles. The summed E-state index contributed by atoms with van der Waals surface area (Å²) in [7, 11) is 0. The fourth-order valence-corrected chi connectivity index (χ4v) is 7.50. The topological polar surface area (TPSA) is 55.8 Å². The van der Waals surface area contributed by atoms with Gasteiger partial charge in [-0.15, -0.1) is 0 Å². The van der Waals surface area contributed by atoms with E-state index in [0.717, 1.165) is 19.3 Å². The van der Waals surface area contributed by atoms with E-state index >= 15 is 0 Å². The van der Waals surface area contributed by atoms with Gasteiger partial charge in [-0.25, -0.2) is 0 Å². The second-order valence-electron chi connectivity index (χ2n) is 16.9. The third-order valence-corrected chi connectivity index (χ3v) is 11.2. The first kappa shape index (κ1) is 53.9. The molecule has 4 nitrogen and oxygen atoms in total. The summed E-state index contributed by atoms with van der Waals surface area (Å²) in [5.74, 6) is -0.197. The third-order valence-electron chi connectivity index (χ3n) is 11.2. The number of hydrogen-bond donors (Lipinski definition) is 1. The minimum atomic E-state index is -0.533. The molecule has 0 rings (SSSR count). The molecule has 1 unspecified atom stereocenters. The number of carbonyl (C=O) groups excluding carboxylic acids is 1. The van der Waals surface area contributed by atoms with E-state index in [1.165, 1.54) is 231 Å². The van der Waals surface area contributed by atoms with Crippen molar-refractivity contribution in [2.45, 2.75) is 277 Å². The third kappa shape index (κ3) is 47.1. The van der Waals surface area contributed by atoms with Gasteiger partial charge in [0.15, 0.2) is 0 Å². The number of esters is 1. The molecule has 0 aliphatic rings. The molecule has 0 aromatic heterocycles. The summed E-state index contributed by atoms with van der Waals surface area (Å²) in [6.45, 7) is 5.38. The highest BCUT2D eigenvalue weighted by Gasteiger charge is 2.13. The van der Waals surface area contributed by atoms with Crippen molar-refractivity contribution in [3.63, 3.8) is 0 Å². The molecule has 55 heavy (non-hydrogen) atoms. The van der Waals surface area contributed by atoms with Gasteiger partial charge in [-0.2, -0.15) is 0 Å². The first-order chi connectivity index (χ1) is 27.2. The van der Waals surface area contributed by atoms with E-state index in [4.69, 9.17) is 9.47 Å². The fourth-order valence-electron chi connectivity index (χ4n) is 7.50. The lowest BCUT2D eigenvalue weighted by Crippen LogP contribution is -2.27.